The van der Waals surface area contributed by atoms with E-state index in [9.17, 15) is 0 Å². The van der Waals surface area contributed by atoms with Crippen LogP contribution in [-0.2, 0) is 46.7 Å². The summed E-state index contributed by atoms with van der Waals surface area (Å²) in [6.45, 7) is 1.77. The third-order valence-corrected chi connectivity index (χ3v) is 21.5. The number of oxazole rings is 1. The molecule has 103 heavy (non-hydrogen) atoms. The molecule has 20 aromatic heterocycles. The summed E-state index contributed by atoms with van der Waals surface area (Å²) in [6.07, 6.45) is 45.7. The van der Waals surface area contributed by atoms with E-state index in [1.54, 1.807) is 42.5 Å². The minimum Gasteiger partial charge on any atom is -0.395 e. The van der Waals surface area contributed by atoms with Gasteiger partial charge in [0, 0.05) is 110 Å². The quantitative estimate of drug-likeness (QED) is 0.142. The highest BCUT2D eigenvalue weighted by Gasteiger charge is 2.41. The number of aryl methyl sites for hydroxylation is 2. The molecule has 21 aromatic rings. The van der Waals surface area contributed by atoms with E-state index in [-0.39, 0.29) is 0 Å². The smallest absolute Gasteiger partial charge is 0.395 e. The van der Waals surface area contributed by atoms with Crippen LogP contribution in [0.4, 0.5) is 0 Å². The summed E-state index contributed by atoms with van der Waals surface area (Å²) in [5.74, 6) is 3.80. The first kappa shape index (κ1) is 54.1. The van der Waals surface area contributed by atoms with Crippen LogP contribution in [0.25, 0.3) is 145 Å². The predicted octanol–water partition coefficient (Wildman–Crippen LogP) is 10.1. The number of nitrogens with zero attached hydrogens (tertiary/aromatic N) is 23. The van der Waals surface area contributed by atoms with E-state index in [0.29, 0.717) is 17.9 Å². The molecule has 1 aromatic carbocycles. The van der Waals surface area contributed by atoms with Gasteiger partial charge < -0.3 is 22.0 Å². The van der Waals surface area contributed by atoms with Crippen molar-refractivity contribution in [1.82, 2.24) is 85.5 Å². The lowest BCUT2D eigenvalue weighted by Gasteiger charge is -2.00. The normalized spacial score (nSPS) is 13.5. The van der Waals surface area contributed by atoms with Crippen LogP contribution in [0.2, 0.25) is 0 Å². The molecule has 25 heteroatoms. The molecule has 25 heterocycles. The first-order valence-corrected chi connectivity index (χ1v) is 34.4. The summed E-state index contributed by atoms with van der Waals surface area (Å²) in [5, 5.41) is 1.26. The third-order valence-electron chi connectivity index (χ3n) is 20.4. The Morgan fingerprint density at radius 3 is 1.61 bits per heavy atom. The second-order valence-electron chi connectivity index (χ2n) is 26.0. The number of thiazole rings is 1. The first-order valence-electron chi connectivity index (χ1n) is 35.1. The molecule has 0 radical (unpaired) electrons. The van der Waals surface area contributed by atoms with Crippen molar-refractivity contribution in [2.75, 3.05) is 0 Å². The maximum Gasteiger partial charge on any atom is 0.401 e. The van der Waals surface area contributed by atoms with Gasteiger partial charge in [-0.05, 0) is 60.7 Å². The van der Waals surface area contributed by atoms with Crippen LogP contribution < -0.4 is 22.8 Å². The van der Waals surface area contributed by atoms with Crippen LogP contribution in [-0.4, -0.2) is 85.5 Å². The maximum absolute atomic E-state index is 8.03. The number of rotatable bonds is 1. The molecule has 0 saturated carbocycles. The molecule has 5 aliphatic heterocycles. The highest BCUT2D eigenvalue weighted by Crippen LogP contribution is 2.39. The predicted molar refractivity (Wildman–Crippen MR) is 384 cm³/mol. The average Bonchev–Trinajstić information content (AvgIpc) is 1.57. The Labute approximate surface area is 590 Å². The Morgan fingerprint density at radius 2 is 0.932 bits per heavy atom. The number of imidazole rings is 3. The van der Waals surface area contributed by atoms with Gasteiger partial charge in [-0.1, -0.05) is 47.7 Å². The highest BCUT2D eigenvalue weighted by molar-refractivity contribution is 7.21. The van der Waals surface area contributed by atoms with Gasteiger partial charge in [0.1, 0.15) is 52.1 Å². The van der Waals surface area contributed by atoms with Crippen molar-refractivity contribution in [3.63, 3.8) is 0 Å². The summed E-state index contributed by atoms with van der Waals surface area (Å²) in [5.41, 5.74) is 27.1. The molecule has 0 spiro atoms. The molecule has 0 amide bonds. The Morgan fingerprint density at radius 1 is 0.408 bits per heavy atom. The van der Waals surface area contributed by atoms with Gasteiger partial charge in [-0.25, -0.2) is 52.7 Å². The summed E-state index contributed by atoms with van der Waals surface area (Å²) in [7, 11) is 2.10. The molecular formula is C78H56N23OS+5. The second kappa shape index (κ2) is 21.8. The third kappa shape index (κ3) is 8.35. The van der Waals surface area contributed by atoms with Gasteiger partial charge in [0.2, 0.25) is 16.6 Å². The summed E-state index contributed by atoms with van der Waals surface area (Å²) in [6, 6.07) is 32.7. The minimum absolute atomic E-state index is 0.627. The van der Waals surface area contributed by atoms with E-state index >= 15 is 0 Å². The van der Waals surface area contributed by atoms with Crippen LogP contribution in [0.1, 0.15) is 31.9 Å². The van der Waals surface area contributed by atoms with Crippen LogP contribution in [0, 0.1) is 0 Å². The first-order chi connectivity index (χ1) is 52.1. The summed E-state index contributed by atoms with van der Waals surface area (Å²) in [4.78, 5) is 43.7. The van der Waals surface area contributed by atoms with Crippen LogP contribution in [0.5, 0.6) is 0 Å². The lowest BCUT2D eigenvalue weighted by Crippen LogP contribution is -2.31. The van der Waals surface area contributed by atoms with Crippen LogP contribution >= 0.6 is 11.3 Å². The van der Waals surface area contributed by atoms with E-state index in [4.69, 9.17) is 8.53 Å². The van der Waals surface area contributed by atoms with Gasteiger partial charge >= 0.3 is 23.4 Å². The Bertz CT molecular complexity index is 7090. The monoisotopic (exact) mass is 1370 g/mol. The molecule has 24 nitrogen and oxygen atoms in total. The Hall–Kier alpha value is -13.8. The topological polar surface area (TPSA) is 198 Å². The number of benzene rings is 1. The van der Waals surface area contributed by atoms with Gasteiger partial charge in [0.25, 0.3) is 16.0 Å². The van der Waals surface area contributed by atoms with E-state index < -0.39 is 6.98 Å². The Kier molecular flexibility index (Phi) is 11.5. The second-order valence-corrected chi connectivity index (χ2v) is 27.0. The molecule has 0 saturated heterocycles. The summed E-state index contributed by atoms with van der Waals surface area (Å²) < 4.78 is 58.8. The SMILES string of the molecule is Cn1c2[n+](c3c1cn1ccncc31)Cc1cccnc1-2.[2H]C([2H])([2H])[n+]1c2n(c3cn4cnccc4c31)Cc1cccnc1-2.c1ccc(-n2c3[n+](c4c2cn2ccncc42)Cc2cccnc2-3)cc1.c1cnc2c(c1)C[n+]1c-2oc2cn3ccncc3c21.c1cnc2c(c1)C[n+]1c-2sc2cn3ccncc3c21. The maximum atomic E-state index is 8.03. The molecule has 0 unspecified atom stereocenters. The zero-order valence-electron chi connectivity index (χ0n) is 57.7. The van der Waals surface area contributed by atoms with Crippen molar-refractivity contribution >= 4 is 93.3 Å². The largest absolute Gasteiger partial charge is 0.401 e. The van der Waals surface area contributed by atoms with Gasteiger partial charge in [-0.3, -0.25) is 24.3 Å². The van der Waals surface area contributed by atoms with E-state index in [1.165, 1.54) is 69.9 Å². The number of hydrogen-bond donors (Lipinski definition) is 0. The number of hydrogen-bond acceptors (Lipinski definition) is 12. The molecule has 0 N–H and O–H groups in total. The van der Waals surface area contributed by atoms with Crippen molar-refractivity contribution in [2.45, 2.75) is 32.7 Å². The lowest BCUT2D eigenvalue weighted by atomic mass is 10.2. The minimum atomic E-state index is -2.29. The molecular weight excluding hydrogens is 1310 g/mol. The fourth-order valence-electron chi connectivity index (χ4n) is 16.0. The Balaban J connectivity index is 0.0000000830. The number of para-hydroxylation sites is 1. The standard InChI is InChI=1S/C20H14N5.2C15H12N5.C14H9N4O.C14H9N4S/c1-2-6-15(7-3-1)25-17-13-23-10-9-21-11-16(23)19(17)24-12-14-5-4-8-22-18(14)20(24)25;1-18-14-11-4-6-16-9-19(11)8-12(14)20-7-10-3-2-5-17-13(10)15(18)20;1-18-12-9-19-6-5-16-7-11(19)14(12)20-8-10-3-2-4-17-13(10)15(18)20;2*1-2-9-7-18-13-10-6-15-4-5-17(10)8-11(13)19-14(18)12(9)16-3-1/h1-11,13H,12H2;2-6,8-9H,7H2,1H3;2-7,9H,8H2,1H3;2*1-6,8H,7H2/q5*+1/i;1D3;;;. The molecule has 0 atom stereocenters. The van der Waals surface area contributed by atoms with Gasteiger partial charge in [0.05, 0.1) is 90.7 Å². The molecule has 0 fully saturated rings. The molecule has 5 aliphatic rings. The van der Waals surface area contributed by atoms with Crippen molar-refractivity contribution in [1.29, 1.82) is 0 Å². The van der Waals surface area contributed by atoms with Crippen molar-refractivity contribution < 1.29 is 31.4 Å². The molecule has 26 rings (SSSR count). The molecule has 0 aliphatic carbocycles. The zero-order valence-corrected chi connectivity index (χ0v) is 55.5. The zero-order chi connectivity index (χ0) is 70.2. The number of aromatic nitrogens is 23. The van der Waals surface area contributed by atoms with Crippen LogP contribution in [0.15, 0.2) is 250 Å². The molecule has 490 valence electrons. The fraction of sp³-hybridized carbons (Fsp3) is 0.0897. The summed E-state index contributed by atoms with van der Waals surface area (Å²) >= 11 is 1.81. The number of fused-ring (bicyclic) bond motifs is 35. The average molecular weight is 1370 g/mol. The van der Waals surface area contributed by atoms with E-state index in [0.717, 1.165) is 122 Å². The van der Waals surface area contributed by atoms with Crippen LogP contribution in [0.3, 0.4) is 0 Å². The van der Waals surface area contributed by atoms with Crippen molar-refractivity contribution in [2.24, 2.45) is 14.0 Å². The van der Waals surface area contributed by atoms with Gasteiger partial charge in [0.15, 0.2) is 63.6 Å². The van der Waals surface area contributed by atoms with E-state index in [2.05, 4.69) is 165 Å². The van der Waals surface area contributed by atoms with Gasteiger partial charge in [-0.2, -0.15) is 9.13 Å². The van der Waals surface area contributed by atoms with Crippen molar-refractivity contribution in [3.05, 3.63) is 274 Å². The van der Waals surface area contributed by atoms with Gasteiger partial charge in [-0.15, -0.1) is 4.57 Å². The highest BCUT2D eigenvalue weighted by atomic mass is 32.1. The van der Waals surface area contributed by atoms with E-state index in [1.807, 2.05) is 161 Å². The number of pyridine rings is 5. The molecule has 0 bridgehead atoms. The lowest BCUT2D eigenvalue weighted by molar-refractivity contribution is -0.648. The van der Waals surface area contributed by atoms with Crippen molar-refractivity contribution in [3.8, 4) is 62.5 Å². The fourth-order valence-corrected chi connectivity index (χ4v) is 17.2.